The van der Waals surface area contributed by atoms with Crippen molar-refractivity contribution in [2.45, 2.75) is 29.9 Å². The molecule has 168 valence electrons. The van der Waals surface area contributed by atoms with E-state index < -0.39 is 5.25 Å². The largest absolute Gasteiger partial charge is 0.326 e. The van der Waals surface area contributed by atoms with E-state index in [-0.39, 0.29) is 23.6 Å². The highest BCUT2D eigenvalue weighted by Gasteiger charge is 2.29. The molecule has 1 aliphatic rings. The lowest BCUT2D eigenvalue weighted by Gasteiger charge is -2.17. The van der Waals surface area contributed by atoms with Gasteiger partial charge in [-0.2, -0.15) is 0 Å². The quantitative estimate of drug-likeness (QED) is 0.390. The summed E-state index contributed by atoms with van der Waals surface area (Å²) < 4.78 is 0. The number of nitrogens with one attached hydrogen (secondary N) is 3. The Morgan fingerprint density at radius 1 is 0.758 bits per heavy atom. The second-order valence-corrected chi connectivity index (χ2v) is 9.12. The minimum absolute atomic E-state index is 0.0708. The van der Waals surface area contributed by atoms with Gasteiger partial charge in [-0.1, -0.05) is 30.3 Å². The van der Waals surface area contributed by atoms with Gasteiger partial charge in [0.1, 0.15) is 5.25 Å². The summed E-state index contributed by atoms with van der Waals surface area (Å²) in [5.74, 6) is -0.0750. The Hall–Kier alpha value is -3.58. The number of carbonyl (C=O) groups excluding carboxylic acids is 3. The maximum atomic E-state index is 13.2. The molecule has 4 rings (SSSR count). The van der Waals surface area contributed by atoms with Crippen molar-refractivity contribution in [3.05, 3.63) is 84.4 Å². The van der Waals surface area contributed by atoms with Crippen LogP contribution in [-0.2, 0) is 14.4 Å². The molecule has 1 unspecified atom stereocenters. The zero-order valence-corrected chi connectivity index (χ0v) is 19.0. The number of benzene rings is 3. The van der Waals surface area contributed by atoms with E-state index in [0.717, 1.165) is 29.0 Å². The summed E-state index contributed by atoms with van der Waals surface area (Å²) in [5.41, 5.74) is 2.97. The topological polar surface area (TPSA) is 87.3 Å². The summed E-state index contributed by atoms with van der Waals surface area (Å²) in [5, 5.41) is 8.15. The monoisotopic (exact) mass is 459 g/mol. The highest BCUT2D eigenvalue weighted by Crippen LogP contribution is 2.37. The predicted octanol–water partition coefficient (Wildman–Crippen LogP) is 5.47. The third-order valence-corrected chi connectivity index (χ3v) is 6.40. The van der Waals surface area contributed by atoms with Crippen LogP contribution in [0.25, 0.3) is 0 Å². The van der Waals surface area contributed by atoms with Crippen molar-refractivity contribution in [1.82, 2.24) is 0 Å². The Bertz CT molecular complexity index is 1130. The van der Waals surface area contributed by atoms with Crippen LogP contribution < -0.4 is 16.0 Å². The van der Waals surface area contributed by atoms with Crippen LogP contribution in [0.4, 0.5) is 17.1 Å². The van der Waals surface area contributed by atoms with Crippen LogP contribution in [0.1, 0.15) is 30.6 Å². The second kappa shape index (κ2) is 10.4. The standard InChI is InChI=1S/C26H25N3O3S/c1-17(30)27-20-9-11-21(12-10-20)29-26(32)24(18-5-3-2-4-6-18)33-23-15-13-22(14-16-23)28-25(31)19-7-8-19/h2-6,9-16,19,24H,7-8H2,1H3,(H,27,30)(H,28,31)(H,29,32). The van der Waals surface area contributed by atoms with E-state index in [0.29, 0.717) is 11.4 Å². The molecule has 0 aromatic heterocycles. The van der Waals surface area contributed by atoms with Gasteiger partial charge in [0.15, 0.2) is 0 Å². The molecule has 1 fully saturated rings. The number of thioether (sulfide) groups is 1. The van der Waals surface area contributed by atoms with Gasteiger partial charge in [0, 0.05) is 34.8 Å². The molecule has 1 aliphatic carbocycles. The van der Waals surface area contributed by atoms with Gasteiger partial charge in [0.05, 0.1) is 0 Å². The summed E-state index contributed by atoms with van der Waals surface area (Å²) in [4.78, 5) is 37.3. The van der Waals surface area contributed by atoms with Crippen molar-refractivity contribution in [2.75, 3.05) is 16.0 Å². The zero-order chi connectivity index (χ0) is 23.2. The molecule has 7 heteroatoms. The molecule has 0 saturated heterocycles. The van der Waals surface area contributed by atoms with E-state index in [4.69, 9.17) is 0 Å². The van der Waals surface area contributed by atoms with E-state index >= 15 is 0 Å². The molecule has 6 nitrogen and oxygen atoms in total. The van der Waals surface area contributed by atoms with Crippen LogP contribution in [-0.4, -0.2) is 17.7 Å². The molecule has 3 aromatic rings. The minimum atomic E-state index is -0.465. The lowest BCUT2D eigenvalue weighted by atomic mass is 10.1. The van der Waals surface area contributed by atoms with E-state index in [9.17, 15) is 14.4 Å². The van der Waals surface area contributed by atoms with Crippen LogP contribution >= 0.6 is 11.8 Å². The van der Waals surface area contributed by atoms with Gasteiger partial charge >= 0.3 is 0 Å². The van der Waals surface area contributed by atoms with Crippen molar-refractivity contribution < 1.29 is 14.4 Å². The van der Waals surface area contributed by atoms with E-state index in [1.165, 1.54) is 18.7 Å². The van der Waals surface area contributed by atoms with Gasteiger partial charge in [-0.15, -0.1) is 11.8 Å². The van der Waals surface area contributed by atoms with Gasteiger partial charge < -0.3 is 16.0 Å². The highest BCUT2D eigenvalue weighted by atomic mass is 32.2. The Labute approximate surface area is 197 Å². The zero-order valence-electron chi connectivity index (χ0n) is 18.2. The minimum Gasteiger partial charge on any atom is -0.326 e. The first-order valence-corrected chi connectivity index (χ1v) is 11.7. The fourth-order valence-corrected chi connectivity index (χ4v) is 4.32. The first-order valence-electron chi connectivity index (χ1n) is 10.8. The van der Waals surface area contributed by atoms with E-state index in [1.54, 1.807) is 24.3 Å². The van der Waals surface area contributed by atoms with Crippen LogP contribution in [0.15, 0.2) is 83.8 Å². The summed E-state index contributed by atoms with van der Waals surface area (Å²) in [6.07, 6.45) is 1.92. The maximum absolute atomic E-state index is 13.2. The number of rotatable bonds is 8. The highest BCUT2D eigenvalue weighted by molar-refractivity contribution is 8.00. The van der Waals surface area contributed by atoms with Crippen molar-refractivity contribution >= 4 is 46.5 Å². The SMILES string of the molecule is CC(=O)Nc1ccc(NC(=O)C(Sc2ccc(NC(=O)C3CC3)cc2)c2ccccc2)cc1. The fraction of sp³-hybridized carbons (Fsp3) is 0.192. The van der Waals surface area contributed by atoms with Crippen LogP contribution in [0, 0.1) is 5.92 Å². The normalized spacial score (nSPS) is 13.6. The Kier molecular flexibility index (Phi) is 7.10. The molecule has 0 aliphatic heterocycles. The van der Waals surface area contributed by atoms with Crippen molar-refractivity contribution in [3.8, 4) is 0 Å². The van der Waals surface area contributed by atoms with E-state index in [1.807, 2.05) is 54.6 Å². The smallest absolute Gasteiger partial charge is 0.242 e. The second-order valence-electron chi connectivity index (χ2n) is 7.94. The van der Waals surface area contributed by atoms with Crippen LogP contribution in [0.3, 0.4) is 0 Å². The van der Waals surface area contributed by atoms with Crippen molar-refractivity contribution in [1.29, 1.82) is 0 Å². The molecule has 0 spiro atoms. The van der Waals surface area contributed by atoms with Gasteiger partial charge in [-0.25, -0.2) is 0 Å². The Balaban J connectivity index is 1.46. The molecule has 3 N–H and O–H groups in total. The van der Waals surface area contributed by atoms with Gasteiger partial charge in [-0.3, -0.25) is 14.4 Å². The third kappa shape index (κ3) is 6.46. The first kappa shape index (κ1) is 22.6. The molecule has 1 saturated carbocycles. The third-order valence-electron chi connectivity index (χ3n) is 5.14. The molecule has 33 heavy (non-hydrogen) atoms. The number of amides is 3. The predicted molar refractivity (Wildman–Crippen MR) is 132 cm³/mol. The molecule has 1 atom stereocenters. The number of hydrogen-bond donors (Lipinski definition) is 3. The van der Waals surface area contributed by atoms with Gasteiger partial charge in [-0.05, 0) is 66.9 Å². The molecular weight excluding hydrogens is 434 g/mol. The Morgan fingerprint density at radius 3 is 1.88 bits per heavy atom. The van der Waals surface area contributed by atoms with Crippen molar-refractivity contribution in [3.63, 3.8) is 0 Å². The van der Waals surface area contributed by atoms with Crippen LogP contribution in [0.2, 0.25) is 0 Å². The summed E-state index contributed by atoms with van der Waals surface area (Å²) in [6, 6.07) is 24.2. The Morgan fingerprint density at radius 2 is 1.30 bits per heavy atom. The van der Waals surface area contributed by atoms with Gasteiger partial charge in [0.25, 0.3) is 0 Å². The van der Waals surface area contributed by atoms with Crippen LogP contribution in [0.5, 0.6) is 0 Å². The maximum Gasteiger partial charge on any atom is 0.242 e. The molecule has 3 aromatic carbocycles. The number of hydrogen-bond acceptors (Lipinski definition) is 4. The molecule has 0 bridgehead atoms. The average Bonchev–Trinajstić information content (AvgIpc) is 3.66. The fourth-order valence-electron chi connectivity index (χ4n) is 3.29. The summed E-state index contributed by atoms with van der Waals surface area (Å²) in [6.45, 7) is 1.45. The number of carbonyl (C=O) groups is 3. The van der Waals surface area contributed by atoms with E-state index in [2.05, 4.69) is 16.0 Å². The molecule has 0 radical (unpaired) electrons. The molecule has 3 amide bonds. The van der Waals surface area contributed by atoms with Crippen molar-refractivity contribution in [2.24, 2.45) is 5.92 Å². The number of anilines is 3. The average molecular weight is 460 g/mol. The first-order chi connectivity index (χ1) is 16.0. The summed E-state index contributed by atoms with van der Waals surface area (Å²) >= 11 is 1.45. The molecular formula is C26H25N3O3S. The summed E-state index contributed by atoms with van der Waals surface area (Å²) in [7, 11) is 0. The lowest BCUT2D eigenvalue weighted by Crippen LogP contribution is -2.19. The lowest BCUT2D eigenvalue weighted by molar-refractivity contribution is -0.117. The van der Waals surface area contributed by atoms with Gasteiger partial charge in [0.2, 0.25) is 17.7 Å². The molecule has 0 heterocycles.